The van der Waals surface area contributed by atoms with Crippen molar-refractivity contribution in [1.29, 1.82) is 0 Å². The molecule has 0 saturated heterocycles. The van der Waals surface area contributed by atoms with Gasteiger partial charge in [0.2, 0.25) is 0 Å². The molecule has 0 bridgehead atoms. The van der Waals surface area contributed by atoms with E-state index in [1.54, 1.807) is 24.9 Å². The zero-order valence-electron chi connectivity index (χ0n) is 11.8. The number of aliphatic imine (C=N–C) groups is 1. The predicted octanol–water partition coefficient (Wildman–Crippen LogP) is 3.24. The Labute approximate surface area is 141 Å². The number of thioether (sulfide) groups is 1. The minimum Gasteiger partial charge on any atom is -0.356 e. The predicted molar refractivity (Wildman–Crippen MR) is 94.5 cm³/mol. The summed E-state index contributed by atoms with van der Waals surface area (Å²) in [6, 6.07) is 4.89. The van der Waals surface area contributed by atoms with E-state index >= 15 is 0 Å². The first-order valence-electron chi connectivity index (χ1n) is 6.50. The quantitative estimate of drug-likeness (QED) is 0.339. The van der Waals surface area contributed by atoms with Crippen LogP contribution >= 0.6 is 35.7 Å². The lowest BCUT2D eigenvalue weighted by Crippen LogP contribution is -2.37. The minimum atomic E-state index is -0.199. The highest BCUT2D eigenvalue weighted by molar-refractivity contribution is 14.0. The smallest absolute Gasteiger partial charge is 0.191 e. The average molecular weight is 409 g/mol. The zero-order valence-corrected chi connectivity index (χ0v) is 14.9. The summed E-state index contributed by atoms with van der Waals surface area (Å²) in [5.41, 5.74) is 0.960. The molecule has 1 fully saturated rings. The Balaban J connectivity index is 0.00000200. The molecule has 0 aliphatic heterocycles. The number of benzene rings is 1. The molecule has 6 heteroatoms. The Hall–Kier alpha value is -0.500. The highest BCUT2D eigenvalue weighted by Crippen LogP contribution is 2.27. The number of guanidine groups is 1. The molecule has 20 heavy (non-hydrogen) atoms. The van der Waals surface area contributed by atoms with E-state index in [1.807, 2.05) is 12.3 Å². The molecular weight excluding hydrogens is 388 g/mol. The van der Waals surface area contributed by atoms with Crippen LogP contribution in [0, 0.1) is 11.7 Å². The lowest BCUT2D eigenvalue weighted by atomic mass is 10.2. The van der Waals surface area contributed by atoms with Crippen molar-refractivity contribution in [2.24, 2.45) is 10.9 Å². The molecule has 1 aliphatic carbocycles. The Kier molecular flexibility index (Phi) is 7.65. The first-order valence-corrected chi connectivity index (χ1v) is 7.72. The molecule has 1 aromatic carbocycles. The maximum atomic E-state index is 13.3. The van der Waals surface area contributed by atoms with Gasteiger partial charge in [-0.05, 0) is 48.8 Å². The molecule has 0 unspecified atom stereocenters. The SMILES string of the molecule is CN=C(NCc1cc(F)ccc1SC)NCC1CC1.I. The zero-order chi connectivity index (χ0) is 13.7. The van der Waals surface area contributed by atoms with Crippen molar-refractivity contribution in [3.8, 4) is 0 Å². The number of nitrogens with one attached hydrogen (secondary N) is 2. The van der Waals surface area contributed by atoms with Crippen molar-refractivity contribution >= 4 is 41.7 Å². The lowest BCUT2D eigenvalue weighted by Gasteiger charge is -2.13. The van der Waals surface area contributed by atoms with Gasteiger partial charge in [-0.25, -0.2) is 4.39 Å². The molecule has 0 radical (unpaired) electrons. The standard InChI is InChI=1S/C14H20FN3S.HI/c1-16-14(17-8-10-3-4-10)18-9-11-7-12(15)5-6-13(11)19-2;/h5-7,10H,3-4,8-9H2,1-2H3,(H2,16,17,18);1H. The summed E-state index contributed by atoms with van der Waals surface area (Å²) in [7, 11) is 1.75. The Bertz CT molecular complexity index is 464. The Morgan fingerprint density at radius 2 is 2.15 bits per heavy atom. The van der Waals surface area contributed by atoms with E-state index in [9.17, 15) is 4.39 Å². The summed E-state index contributed by atoms with van der Waals surface area (Å²) < 4.78 is 13.3. The van der Waals surface area contributed by atoms with Gasteiger partial charge < -0.3 is 10.6 Å². The van der Waals surface area contributed by atoms with Gasteiger partial charge in [-0.15, -0.1) is 35.7 Å². The van der Waals surface area contributed by atoms with Crippen LogP contribution in [0.1, 0.15) is 18.4 Å². The third-order valence-electron chi connectivity index (χ3n) is 3.17. The third-order valence-corrected chi connectivity index (χ3v) is 4.01. The van der Waals surface area contributed by atoms with Gasteiger partial charge in [0.1, 0.15) is 5.82 Å². The molecule has 0 spiro atoms. The fourth-order valence-electron chi connectivity index (χ4n) is 1.85. The molecule has 1 aliphatic rings. The van der Waals surface area contributed by atoms with Gasteiger partial charge in [0.25, 0.3) is 0 Å². The van der Waals surface area contributed by atoms with Crippen molar-refractivity contribution in [3.63, 3.8) is 0 Å². The second-order valence-electron chi connectivity index (χ2n) is 4.71. The van der Waals surface area contributed by atoms with Crippen molar-refractivity contribution in [2.75, 3.05) is 19.8 Å². The maximum Gasteiger partial charge on any atom is 0.191 e. The van der Waals surface area contributed by atoms with E-state index in [4.69, 9.17) is 0 Å². The van der Waals surface area contributed by atoms with E-state index < -0.39 is 0 Å². The molecule has 0 amide bonds. The van der Waals surface area contributed by atoms with Crippen LogP contribution in [0.3, 0.4) is 0 Å². The van der Waals surface area contributed by atoms with E-state index in [0.29, 0.717) is 6.54 Å². The molecule has 0 aromatic heterocycles. The topological polar surface area (TPSA) is 36.4 Å². The van der Waals surface area contributed by atoms with Crippen molar-refractivity contribution in [2.45, 2.75) is 24.3 Å². The maximum absolute atomic E-state index is 13.3. The second-order valence-corrected chi connectivity index (χ2v) is 5.55. The normalized spacial score (nSPS) is 14.7. The largest absolute Gasteiger partial charge is 0.356 e. The van der Waals surface area contributed by atoms with Crippen LogP contribution in [0.15, 0.2) is 28.1 Å². The summed E-state index contributed by atoms with van der Waals surface area (Å²) in [4.78, 5) is 5.26. The van der Waals surface area contributed by atoms with Gasteiger partial charge in [-0.2, -0.15) is 0 Å². The highest BCUT2D eigenvalue weighted by atomic mass is 127. The van der Waals surface area contributed by atoms with Crippen LogP contribution in [-0.2, 0) is 6.54 Å². The van der Waals surface area contributed by atoms with Crippen LogP contribution in [0.2, 0.25) is 0 Å². The molecule has 0 atom stereocenters. The molecule has 112 valence electrons. The molecule has 1 aromatic rings. The molecule has 0 heterocycles. The van der Waals surface area contributed by atoms with Gasteiger partial charge in [0.15, 0.2) is 5.96 Å². The molecule has 3 nitrogen and oxygen atoms in total. The summed E-state index contributed by atoms with van der Waals surface area (Å²) >= 11 is 1.62. The van der Waals surface area contributed by atoms with Gasteiger partial charge in [0.05, 0.1) is 0 Å². The first-order chi connectivity index (χ1) is 9.22. The molecule has 2 rings (SSSR count). The number of nitrogens with zero attached hydrogens (tertiary/aromatic N) is 1. The van der Waals surface area contributed by atoms with Gasteiger partial charge >= 0.3 is 0 Å². The number of hydrogen-bond acceptors (Lipinski definition) is 2. The molecule has 2 N–H and O–H groups in total. The van der Waals surface area contributed by atoms with E-state index in [1.165, 1.54) is 18.9 Å². The van der Waals surface area contributed by atoms with Crippen LogP contribution in [0.25, 0.3) is 0 Å². The van der Waals surface area contributed by atoms with Crippen molar-refractivity contribution in [1.82, 2.24) is 10.6 Å². The third kappa shape index (κ3) is 5.47. The number of halogens is 2. The average Bonchev–Trinajstić information content (AvgIpc) is 3.23. The Morgan fingerprint density at radius 1 is 1.40 bits per heavy atom. The summed E-state index contributed by atoms with van der Waals surface area (Å²) in [6.07, 6.45) is 4.62. The van der Waals surface area contributed by atoms with Crippen LogP contribution in [-0.4, -0.2) is 25.8 Å². The molecule has 1 saturated carbocycles. The van der Waals surface area contributed by atoms with E-state index in [-0.39, 0.29) is 29.8 Å². The van der Waals surface area contributed by atoms with E-state index in [0.717, 1.165) is 28.9 Å². The summed E-state index contributed by atoms with van der Waals surface area (Å²) in [5.74, 6) is 1.38. The first kappa shape index (κ1) is 17.6. The van der Waals surface area contributed by atoms with Gasteiger partial charge in [0, 0.05) is 25.0 Å². The van der Waals surface area contributed by atoms with E-state index in [2.05, 4.69) is 15.6 Å². The fraction of sp³-hybridized carbons (Fsp3) is 0.500. The van der Waals surface area contributed by atoms with Crippen LogP contribution in [0.4, 0.5) is 4.39 Å². The lowest BCUT2D eigenvalue weighted by molar-refractivity contribution is 0.622. The van der Waals surface area contributed by atoms with Gasteiger partial charge in [-0.3, -0.25) is 4.99 Å². The van der Waals surface area contributed by atoms with Crippen LogP contribution in [0.5, 0.6) is 0 Å². The highest BCUT2D eigenvalue weighted by Gasteiger charge is 2.21. The second kappa shape index (κ2) is 8.71. The van der Waals surface area contributed by atoms with Gasteiger partial charge in [-0.1, -0.05) is 0 Å². The summed E-state index contributed by atoms with van der Waals surface area (Å²) in [6.45, 7) is 1.55. The fourth-order valence-corrected chi connectivity index (χ4v) is 2.45. The molecular formula is C14H21FIN3S. The monoisotopic (exact) mass is 409 g/mol. The summed E-state index contributed by atoms with van der Waals surface area (Å²) in [5, 5.41) is 6.52. The van der Waals surface area contributed by atoms with Crippen molar-refractivity contribution < 1.29 is 4.39 Å². The number of rotatable bonds is 5. The Morgan fingerprint density at radius 3 is 2.75 bits per heavy atom. The van der Waals surface area contributed by atoms with Crippen molar-refractivity contribution in [3.05, 3.63) is 29.6 Å². The van der Waals surface area contributed by atoms with Crippen LogP contribution < -0.4 is 10.6 Å². The minimum absolute atomic E-state index is 0. The number of hydrogen-bond donors (Lipinski definition) is 2.